The number of fused-ring (bicyclic) bond motifs is 1. The van der Waals surface area contributed by atoms with Crippen LogP contribution in [0.5, 0.6) is 11.5 Å². The Hall–Kier alpha value is -3.30. The van der Waals surface area contributed by atoms with Crippen LogP contribution in [0.1, 0.15) is 29.5 Å². The van der Waals surface area contributed by atoms with Gasteiger partial charge >= 0.3 is 6.18 Å². The molecular weight excluding hydrogens is 521 g/mol. The van der Waals surface area contributed by atoms with Crippen LogP contribution in [0, 0.1) is 0 Å². The third-order valence-corrected chi connectivity index (χ3v) is 6.83. The number of nitrogens with zero attached hydrogens (tertiary/aromatic N) is 2. The molecule has 1 saturated heterocycles. The van der Waals surface area contributed by atoms with E-state index in [-0.39, 0.29) is 42.3 Å². The van der Waals surface area contributed by atoms with Crippen LogP contribution in [-0.4, -0.2) is 48.3 Å². The molecule has 2 aliphatic heterocycles. The Balaban J connectivity index is 1.48. The summed E-state index contributed by atoms with van der Waals surface area (Å²) in [4.78, 5) is 18.9. The molecule has 1 amide bonds. The van der Waals surface area contributed by atoms with E-state index in [0.29, 0.717) is 42.4 Å². The van der Waals surface area contributed by atoms with E-state index in [0.717, 1.165) is 30.7 Å². The van der Waals surface area contributed by atoms with Crippen molar-refractivity contribution in [3.05, 3.63) is 76.4 Å². The van der Waals surface area contributed by atoms with Crippen molar-refractivity contribution >= 4 is 17.5 Å². The first-order valence-electron chi connectivity index (χ1n) is 12.4. The summed E-state index contributed by atoms with van der Waals surface area (Å²) in [5.74, 6) is 0.832. The molecule has 0 spiro atoms. The van der Waals surface area contributed by atoms with Gasteiger partial charge in [0.1, 0.15) is 13.2 Å². The van der Waals surface area contributed by atoms with Crippen molar-refractivity contribution in [2.75, 3.05) is 26.4 Å². The minimum Gasteiger partial charge on any atom is -0.487 e. The van der Waals surface area contributed by atoms with E-state index in [1.807, 2.05) is 30.3 Å². The van der Waals surface area contributed by atoms with Gasteiger partial charge in [-0.2, -0.15) is 13.2 Å². The molecule has 3 aromatic rings. The van der Waals surface area contributed by atoms with Gasteiger partial charge in [0.2, 0.25) is 5.91 Å². The lowest BCUT2D eigenvalue weighted by molar-refractivity contribution is -0.137. The summed E-state index contributed by atoms with van der Waals surface area (Å²) in [6, 6.07) is 13.7. The van der Waals surface area contributed by atoms with Gasteiger partial charge in [-0.15, -0.1) is 0 Å². The number of carbonyl (C=O) groups excluding carboxylic acids is 1. The molecule has 1 fully saturated rings. The number of carbonyl (C=O) groups is 1. The van der Waals surface area contributed by atoms with E-state index >= 15 is 0 Å². The zero-order valence-electron chi connectivity index (χ0n) is 20.5. The first-order chi connectivity index (χ1) is 18.3. The van der Waals surface area contributed by atoms with Gasteiger partial charge in [0, 0.05) is 30.5 Å². The molecule has 2 aromatic carbocycles. The van der Waals surface area contributed by atoms with Crippen LogP contribution in [0.25, 0.3) is 11.3 Å². The van der Waals surface area contributed by atoms with E-state index in [1.165, 1.54) is 0 Å². The van der Waals surface area contributed by atoms with Crippen molar-refractivity contribution in [2.24, 2.45) is 0 Å². The Labute approximate surface area is 223 Å². The number of halogens is 4. The summed E-state index contributed by atoms with van der Waals surface area (Å²) < 4.78 is 57.4. The summed E-state index contributed by atoms with van der Waals surface area (Å²) in [5, 5.41) is -0.142. The molecule has 0 bridgehead atoms. The van der Waals surface area contributed by atoms with Crippen molar-refractivity contribution in [1.82, 2.24) is 9.88 Å². The largest absolute Gasteiger partial charge is 0.487 e. The molecule has 2 aliphatic rings. The summed E-state index contributed by atoms with van der Waals surface area (Å²) >= 11 is 6.27. The predicted octanol–water partition coefficient (Wildman–Crippen LogP) is 5.94. The molecule has 1 unspecified atom stereocenters. The van der Waals surface area contributed by atoms with Gasteiger partial charge in [0.05, 0.1) is 35.3 Å². The highest BCUT2D eigenvalue weighted by molar-refractivity contribution is 6.33. The van der Waals surface area contributed by atoms with Crippen molar-refractivity contribution in [2.45, 2.75) is 38.1 Å². The molecule has 0 radical (unpaired) electrons. The second-order valence-corrected chi connectivity index (χ2v) is 9.69. The van der Waals surface area contributed by atoms with Crippen molar-refractivity contribution in [3.63, 3.8) is 0 Å². The molecular formula is C28H26ClF3N2O4. The minimum atomic E-state index is -4.56. The summed E-state index contributed by atoms with van der Waals surface area (Å²) in [6.45, 7) is 1.85. The molecule has 5 rings (SSSR count). The highest BCUT2D eigenvalue weighted by atomic mass is 35.5. The molecule has 0 saturated carbocycles. The Bertz CT molecular complexity index is 1300. The van der Waals surface area contributed by atoms with Crippen molar-refractivity contribution in [3.8, 4) is 22.8 Å². The number of pyridine rings is 1. The number of hydrogen-bond donors (Lipinski definition) is 0. The lowest BCUT2D eigenvalue weighted by Crippen LogP contribution is -2.33. The van der Waals surface area contributed by atoms with E-state index in [1.54, 1.807) is 17.0 Å². The molecule has 200 valence electrons. The van der Waals surface area contributed by atoms with Gasteiger partial charge in [0.25, 0.3) is 0 Å². The van der Waals surface area contributed by atoms with Crippen LogP contribution in [0.15, 0.2) is 54.7 Å². The molecule has 6 nitrogen and oxygen atoms in total. The highest BCUT2D eigenvalue weighted by Crippen LogP contribution is 2.41. The fourth-order valence-electron chi connectivity index (χ4n) is 4.59. The van der Waals surface area contributed by atoms with Crippen LogP contribution in [0.3, 0.4) is 0 Å². The minimum absolute atomic E-state index is 0.0585. The van der Waals surface area contributed by atoms with Crippen LogP contribution in [-0.2, 0) is 28.7 Å². The lowest BCUT2D eigenvalue weighted by atomic mass is 10.0. The fourth-order valence-corrected chi connectivity index (χ4v) is 4.86. The zero-order valence-corrected chi connectivity index (χ0v) is 21.2. The number of alkyl halides is 3. The van der Waals surface area contributed by atoms with Gasteiger partial charge < -0.3 is 19.1 Å². The Morgan fingerprint density at radius 3 is 2.68 bits per heavy atom. The maximum absolute atomic E-state index is 13.2. The zero-order chi connectivity index (χ0) is 26.7. The molecule has 1 aromatic heterocycles. The second kappa shape index (κ2) is 11.2. The summed E-state index contributed by atoms with van der Waals surface area (Å²) in [7, 11) is 0. The first-order valence-corrected chi connectivity index (χ1v) is 12.7. The average Bonchev–Trinajstić information content (AvgIpc) is 3.32. The van der Waals surface area contributed by atoms with Gasteiger partial charge in [-0.3, -0.25) is 9.78 Å². The van der Waals surface area contributed by atoms with Crippen LogP contribution in [0.2, 0.25) is 5.02 Å². The monoisotopic (exact) mass is 546 g/mol. The van der Waals surface area contributed by atoms with E-state index in [9.17, 15) is 18.0 Å². The number of aromatic nitrogens is 1. The standard InChI is InChI=1S/C28H26ClF3N2O4/c29-23-14-21(28(30,31)32)15-33-26(23)19-12-20-16-34(25(35)11-18-5-2-1-3-6-18)8-10-37-27(20)24(13-19)38-17-22-7-4-9-36-22/h1-3,5-6,12-15,22H,4,7-11,16-17H2. The Morgan fingerprint density at radius 2 is 1.97 bits per heavy atom. The van der Waals surface area contributed by atoms with E-state index < -0.39 is 11.7 Å². The third-order valence-electron chi connectivity index (χ3n) is 6.54. The number of amides is 1. The first kappa shape index (κ1) is 26.3. The van der Waals surface area contributed by atoms with Crippen LogP contribution in [0.4, 0.5) is 13.2 Å². The predicted molar refractivity (Wildman–Crippen MR) is 135 cm³/mol. The lowest BCUT2D eigenvalue weighted by Gasteiger charge is -2.21. The number of hydrogen-bond acceptors (Lipinski definition) is 5. The summed E-state index contributed by atoms with van der Waals surface area (Å²) in [6.07, 6.45) is -1.80. The number of ether oxygens (including phenoxy) is 3. The molecule has 1 atom stereocenters. The molecule has 0 N–H and O–H groups in total. The van der Waals surface area contributed by atoms with Crippen molar-refractivity contribution in [1.29, 1.82) is 0 Å². The van der Waals surface area contributed by atoms with Gasteiger partial charge in [0.15, 0.2) is 11.5 Å². The normalized spacial score (nSPS) is 17.5. The van der Waals surface area contributed by atoms with E-state index in [4.69, 9.17) is 25.8 Å². The Kier molecular flexibility index (Phi) is 7.76. The second-order valence-electron chi connectivity index (χ2n) is 9.29. The third kappa shape index (κ3) is 6.05. The molecule has 38 heavy (non-hydrogen) atoms. The Morgan fingerprint density at radius 1 is 1.16 bits per heavy atom. The molecule has 3 heterocycles. The SMILES string of the molecule is O=C(Cc1ccccc1)N1CCOc2c(cc(-c3ncc(C(F)(F)F)cc3Cl)cc2OCC2CCCO2)C1. The number of benzene rings is 2. The fraction of sp³-hybridized carbons (Fsp3) is 0.357. The average molecular weight is 547 g/mol. The smallest absolute Gasteiger partial charge is 0.417 e. The molecule has 10 heteroatoms. The topological polar surface area (TPSA) is 60.9 Å². The van der Waals surface area contributed by atoms with Crippen molar-refractivity contribution < 1.29 is 32.2 Å². The van der Waals surface area contributed by atoms with Crippen LogP contribution < -0.4 is 9.47 Å². The van der Waals surface area contributed by atoms with Gasteiger partial charge in [-0.1, -0.05) is 41.9 Å². The highest BCUT2D eigenvalue weighted by Gasteiger charge is 2.32. The van der Waals surface area contributed by atoms with Gasteiger partial charge in [-0.05, 0) is 36.6 Å². The van der Waals surface area contributed by atoms with E-state index in [2.05, 4.69) is 4.98 Å². The summed E-state index contributed by atoms with van der Waals surface area (Å²) in [5.41, 5.74) is 1.26. The maximum atomic E-state index is 13.2. The van der Waals surface area contributed by atoms with Crippen LogP contribution >= 0.6 is 11.6 Å². The quantitative estimate of drug-likeness (QED) is 0.383. The maximum Gasteiger partial charge on any atom is 0.417 e. The van der Waals surface area contributed by atoms with Gasteiger partial charge in [-0.25, -0.2) is 0 Å². The molecule has 0 aliphatic carbocycles. The number of rotatable bonds is 6.